The van der Waals surface area contributed by atoms with E-state index in [2.05, 4.69) is 47.8 Å². The lowest BCUT2D eigenvalue weighted by Gasteiger charge is -2.43. The van der Waals surface area contributed by atoms with Crippen LogP contribution >= 0.6 is 0 Å². The Morgan fingerprint density at radius 3 is 2.32 bits per heavy atom. The maximum Gasteiger partial charge on any atom is 0.122 e. The van der Waals surface area contributed by atoms with Gasteiger partial charge in [-0.25, -0.2) is 0 Å². The number of para-hydroxylation sites is 1. The van der Waals surface area contributed by atoms with Crippen LogP contribution in [0.25, 0.3) is 0 Å². The molecule has 0 spiro atoms. The number of hydrogen-bond donors (Lipinski definition) is 1. The molecule has 0 unspecified atom stereocenters. The van der Waals surface area contributed by atoms with Crippen LogP contribution in [0.1, 0.15) is 11.1 Å². The Hall–Kier alpha value is -1.80. The van der Waals surface area contributed by atoms with E-state index in [4.69, 9.17) is 4.74 Å². The predicted molar refractivity (Wildman–Crippen MR) is 77.7 cm³/mol. The smallest absolute Gasteiger partial charge is 0.122 e. The highest BCUT2D eigenvalue weighted by Gasteiger charge is 2.39. The van der Waals surface area contributed by atoms with Gasteiger partial charge in [0.05, 0.1) is 7.11 Å². The summed E-state index contributed by atoms with van der Waals surface area (Å²) in [6, 6.07) is 19.1. The SMILES string of the molecule is COc1ccccc1CC1(c2ccccc2)CNC1. The molecule has 0 aliphatic carbocycles. The van der Waals surface area contributed by atoms with Gasteiger partial charge in [-0.05, 0) is 23.6 Å². The molecular weight excluding hydrogens is 234 g/mol. The summed E-state index contributed by atoms with van der Waals surface area (Å²) in [5, 5.41) is 3.42. The Bertz CT molecular complexity index is 546. The van der Waals surface area contributed by atoms with Gasteiger partial charge in [-0.15, -0.1) is 0 Å². The molecule has 3 rings (SSSR count). The minimum absolute atomic E-state index is 0.218. The van der Waals surface area contributed by atoms with Crippen molar-refractivity contribution in [1.29, 1.82) is 0 Å². The molecule has 2 heteroatoms. The van der Waals surface area contributed by atoms with Crippen molar-refractivity contribution in [3.05, 3.63) is 65.7 Å². The van der Waals surface area contributed by atoms with Crippen LogP contribution in [0.2, 0.25) is 0 Å². The first-order valence-corrected chi connectivity index (χ1v) is 6.72. The van der Waals surface area contributed by atoms with E-state index < -0.39 is 0 Å². The van der Waals surface area contributed by atoms with E-state index in [-0.39, 0.29) is 5.41 Å². The van der Waals surface area contributed by atoms with Gasteiger partial charge in [0.1, 0.15) is 5.75 Å². The van der Waals surface area contributed by atoms with Crippen LogP contribution in [-0.2, 0) is 11.8 Å². The van der Waals surface area contributed by atoms with Crippen molar-refractivity contribution in [1.82, 2.24) is 5.32 Å². The molecule has 1 heterocycles. The second kappa shape index (κ2) is 5.06. The van der Waals surface area contributed by atoms with Gasteiger partial charge in [-0.3, -0.25) is 0 Å². The third kappa shape index (κ3) is 2.24. The van der Waals surface area contributed by atoms with Gasteiger partial charge in [0.2, 0.25) is 0 Å². The molecule has 1 N–H and O–H groups in total. The molecule has 98 valence electrons. The summed E-state index contributed by atoms with van der Waals surface area (Å²) in [4.78, 5) is 0. The van der Waals surface area contributed by atoms with Crippen molar-refractivity contribution < 1.29 is 4.74 Å². The number of rotatable bonds is 4. The average Bonchev–Trinajstić information content (AvgIpc) is 2.44. The zero-order valence-electron chi connectivity index (χ0n) is 11.2. The van der Waals surface area contributed by atoms with Crippen molar-refractivity contribution in [2.24, 2.45) is 0 Å². The van der Waals surface area contributed by atoms with Crippen LogP contribution < -0.4 is 10.1 Å². The Kier molecular flexibility index (Phi) is 3.26. The summed E-state index contributed by atoms with van der Waals surface area (Å²) in [6.45, 7) is 2.07. The van der Waals surface area contributed by atoms with Gasteiger partial charge in [-0.1, -0.05) is 48.5 Å². The molecule has 0 saturated carbocycles. The highest BCUT2D eigenvalue weighted by Crippen LogP contribution is 2.34. The molecule has 0 amide bonds. The molecular formula is C17H19NO. The van der Waals surface area contributed by atoms with Crippen molar-refractivity contribution >= 4 is 0 Å². The summed E-state index contributed by atoms with van der Waals surface area (Å²) in [7, 11) is 1.74. The first-order valence-electron chi connectivity index (χ1n) is 6.72. The maximum atomic E-state index is 5.48. The number of ether oxygens (including phenoxy) is 1. The molecule has 0 bridgehead atoms. The zero-order valence-corrected chi connectivity index (χ0v) is 11.2. The highest BCUT2D eigenvalue weighted by atomic mass is 16.5. The lowest BCUT2D eigenvalue weighted by molar-refractivity contribution is 0.271. The lowest BCUT2D eigenvalue weighted by atomic mass is 9.71. The number of nitrogens with one attached hydrogen (secondary N) is 1. The molecule has 1 saturated heterocycles. The van der Waals surface area contributed by atoms with Crippen LogP contribution in [0, 0.1) is 0 Å². The van der Waals surface area contributed by atoms with Crippen LogP contribution in [0.4, 0.5) is 0 Å². The third-order valence-electron chi connectivity index (χ3n) is 4.03. The summed E-state index contributed by atoms with van der Waals surface area (Å²) in [5.74, 6) is 0.990. The minimum atomic E-state index is 0.218. The van der Waals surface area contributed by atoms with E-state index >= 15 is 0 Å². The fraction of sp³-hybridized carbons (Fsp3) is 0.294. The molecule has 0 atom stereocenters. The summed E-state index contributed by atoms with van der Waals surface area (Å²) in [6.07, 6.45) is 1.02. The Morgan fingerprint density at radius 1 is 1.00 bits per heavy atom. The van der Waals surface area contributed by atoms with Crippen LogP contribution in [0.5, 0.6) is 5.75 Å². The Balaban J connectivity index is 1.92. The second-order valence-corrected chi connectivity index (χ2v) is 5.24. The minimum Gasteiger partial charge on any atom is -0.496 e. The number of hydrogen-bond acceptors (Lipinski definition) is 2. The Labute approximate surface area is 114 Å². The van der Waals surface area contributed by atoms with Gasteiger partial charge in [0.25, 0.3) is 0 Å². The average molecular weight is 253 g/mol. The summed E-state index contributed by atoms with van der Waals surface area (Å²) >= 11 is 0. The van der Waals surface area contributed by atoms with E-state index in [0.29, 0.717) is 0 Å². The van der Waals surface area contributed by atoms with Crippen molar-refractivity contribution in [3.63, 3.8) is 0 Å². The van der Waals surface area contributed by atoms with Crippen LogP contribution in [0.15, 0.2) is 54.6 Å². The molecule has 1 fully saturated rings. The number of benzene rings is 2. The number of methoxy groups -OCH3 is 1. The lowest BCUT2D eigenvalue weighted by Crippen LogP contribution is -2.58. The van der Waals surface area contributed by atoms with E-state index in [1.165, 1.54) is 11.1 Å². The first kappa shape index (κ1) is 12.2. The molecule has 1 aliphatic rings. The molecule has 2 nitrogen and oxygen atoms in total. The topological polar surface area (TPSA) is 21.3 Å². The molecule has 0 radical (unpaired) electrons. The molecule has 19 heavy (non-hydrogen) atoms. The monoisotopic (exact) mass is 253 g/mol. The summed E-state index contributed by atoms with van der Waals surface area (Å²) in [5.41, 5.74) is 2.92. The Morgan fingerprint density at radius 2 is 1.68 bits per heavy atom. The van der Waals surface area contributed by atoms with E-state index in [9.17, 15) is 0 Å². The van der Waals surface area contributed by atoms with E-state index in [0.717, 1.165) is 25.3 Å². The van der Waals surface area contributed by atoms with E-state index in [1.807, 2.05) is 12.1 Å². The van der Waals surface area contributed by atoms with Crippen LogP contribution in [0.3, 0.4) is 0 Å². The quantitative estimate of drug-likeness (QED) is 0.904. The third-order valence-corrected chi connectivity index (χ3v) is 4.03. The van der Waals surface area contributed by atoms with Gasteiger partial charge in [0, 0.05) is 18.5 Å². The van der Waals surface area contributed by atoms with Gasteiger partial charge in [0.15, 0.2) is 0 Å². The molecule has 2 aromatic carbocycles. The predicted octanol–water partition coefficient (Wildman–Crippen LogP) is 2.78. The highest BCUT2D eigenvalue weighted by molar-refractivity contribution is 5.39. The summed E-state index contributed by atoms with van der Waals surface area (Å²) < 4.78 is 5.48. The van der Waals surface area contributed by atoms with E-state index in [1.54, 1.807) is 7.11 Å². The van der Waals surface area contributed by atoms with Gasteiger partial charge < -0.3 is 10.1 Å². The standard InChI is InChI=1S/C17H19NO/c1-19-16-10-6-5-7-14(16)11-17(12-18-13-17)15-8-3-2-4-9-15/h2-10,18H,11-13H2,1H3. The molecule has 0 aromatic heterocycles. The van der Waals surface area contributed by atoms with Crippen molar-refractivity contribution in [2.45, 2.75) is 11.8 Å². The van der Waals surface area contributed by atoms with Crippen molar-refractivity contribution in [2.75, 3.05) is 20.2 Å². The molecule has 1 aliphatic heterocycles. The van der Waals surface area contributed by atoms with Crippen molar-refractivity contribution in [3.8, 4) is 5.75 Å². The maximum absolute atomic E-state index is 5.48. The fourth-order valence-corrected chi connectivity index (χ4v) is 2.86. The van der Waals surface area contributed by atoms with Gasteiger partial charge >= 0.3 is 0 Å². The second-order valence-electron chi connectivity index (χ2n) is 5.24. The normalized spacial score (nSPS) is 16.7. The fourth-order valence-electron chi connectivity index (χ4n) is 2.86. The molecule has 2 aromatic rings. The largest absolute Gasteiger partial charge is 0.496 e. The zero-order chi connectivity index (χ0) is 13.1. The first-order chi connectivity index (χ1) is 9.34. The van der Waals surface area contributed by atoms with Crippen LogP contribution in [-0.4, -0.2) is 20.2 Å². The van der Waals surface area contributed by atoms with Gasteiger partial charge in [-0.2, -0.15) is 0 Å².